The molecule has 0 aliphatic carbocycles. The molecule has 0 spiro atoms. The van der Waals surface area contributed by atoms with Gasteiger partial charge in [-0.1, -0.05) is 11.6 Å². The Kier molecular flexibility index (Phi) is 3.24. The lowest BCUT2D eigenvalue weighted by atomic mass is 10.2. The summed E-state index contributed by atoms with van der Waals surface area (Å²) in [6.07, 6.45) is 0. The fourth-order valence-corrected chi connectivity index (χ4v) is 2.16. The second-order valence-corrected chi connectivity index (χ2v) is 4.59. The molecular weight excluding hydrogens is 279 g/mol. The van der Waals surface area contributed by atoms with Gasteiger partial charge in [0.05, 0.1) is 12.6 Å². The van der Waals surface area contributed by atoms with Crippen LogP contribution in [-0.2, 0) is 0 Å². The summed E-state index contributed by atoms with van der Waals surface area (Å²) in [7, 11) is 1.60. The molecule has 2 aromatic carbocycles. The number of rotatable bonds is 2. The van der Waals surface area contributed by atoms with Crippen LogP contribution in [0.25, 0.3) is 22.3 Å². The summed E-state index contributed by atoms with van der Waals surface area (Å²) in [5.41, 5.74) is 1.43. The number of hydrogen-bond donors (Lipinski definition) is 0. The van der Waals surface area contributed by atoms with E-state index in [0.717, 1.165) is 11.3 Å². The first kappa shape index (κ1) is 12.8. The summed E-state index contributed by atoms with van der Waals surface area (Å²) in [5, 5.41) is 0.740. The molecule has 0 fully saturated rings. The molecule has 0 amide bonds. The Morgan fingerprint density at radius 3 is 2.50 bits per heavy atom. The smallest absolute Gasteiger partial charge is 0.161 e. The molecule has 3 rings (SSSR count). The van der Waals surface area contributed by atoms with Gasteiger partial charge in [-0.15, -0.1) is 0 Å². The van der Waals surface area contributed by atoms with Crippen molar-refractivity contribution in [2.45, 2.75) is 0 Å². The standard InChI is InChI=1S/C15H10ClFN2O/c1-20-11-5-2-9(3-6-11)15-18-13-7-4-10(17)8-12(13)14(16)19-15/h2-8H,1H3. The van der Waals surface area contributed by atoms with Gasteiger partial charge >= 0.3 is 0 Å². The van der Waals surface area contributed by atoms with Crippen LogP contribution in [0, 0.1) is 5.82 Å². The Labute approximate surface area is 120 Å². The number of ether oxygens (including phenoxy) is 1. The minimum absolute atomic E-state index is 0.236. The molecule has 0 saturated heterocycles. The van der Waals surface area contributed by atoms with E-state index in [9.17, 15) is 4.39 Å². The number of halogens is 2. The van der Waals surface area contributed by atoms with Crippen LogP contribution in [0.4, 0.5) is 4.39 Å². The molecule has 1 aromatic heterocycles. The molecule has 0 unspecified atom stereocenters. The topological polar surface area (TPSA) is 35.0 Å². The molecule has 0 aliphatic heterocycles. The van der Waals surface area contributed by atoms with E-state index in [4.69, 9.17) is 16.3 Å². The van der Waals surface area contributed by atoms with E-state index < -0.39 is 0 Å². The van der Waals surface area contributed by atoms with Gasteiger partial charge in [-0.05, 0) is 42.5 Å². The zero-order valence-electron chi connectivity index (χ0n) is 10.6. The largest absolute Gasteiger partial charge is 0.497 e. The average molecular weight is 289 g/mol. The van der Waals surface area contributed by atoms with Crippen LogP contribution < -0.4 is 4.74 Å². The van der Waals surface area contributed by atoms with Gasteiger partial charge in [0, 0.05) is 10.9 Å². The maximum Gasteiger partial charge on any atom is 0.161 e. The number of nitrogens with zero attached hydrogens (tertiary/aromatic N) is 2. The van der Waals surface area contributed by atoms with E-state index in [1.54, 1.807) is 13.2 Å². The molecular formula is C15H10ClFN2O. The van der Waals surface area contributed by atoms with Gasteiger partial charge < -0.3 is 4.74 Å². The van der Waals surface area contributed by atoms with E-state index in [1.807, 2.05) is 24.3 Å². The van der Waals surface area contributed by atoms with E-state index in [0.29, 0.717) is 16.7 Å². The highest BCUT2D eigenvalue weighted by atomic mass is 35.5. The lowest BCUT2D eigenvalue weighted by Crippen LogP contribution is -1.92. The molecule has 5 heteroatoms. The van der Waals surface area contributed by atoms with Crippen molar-refractivity contribution in [1.82, 2.24) is 9.97 Å². The lowest BCUT2D eigenvalue weighted by molar-refractivity contribution is 0.415. The first-order chi connectivity index (χ1) is 9.67. The van der Waals surface area contributed by atoms with Crippen LogP contribution in [0.15, 0.2) is 42.5 Å². The van der Waals surface area contributed by atoms with Crippen molar-refractivity contribution in [3.63, 3.8) is 0 Å². The van der Waals surface area contributed by atoms with Crippen molar-refractivity contribution in [2.24, 2.45) is 0 Å². The van der Waals surface area contributed by atoms with E-state index in [2.05, 4.69) is 9.97 Å². The number of hydrogen-bond acceptors (Lipinski definition) is 3. The predicted molar refractivity (Wildman–Crippen MR) is 76.5 cm³/mol. The molecule has 0 bridgehead atoms. The molecule has 0 radical (unpaired) electrons. The zero-order chi connectivity index (χ0) is 14.1. The summed E-state index contributed by atoms with van der Waals surface area (Å²) in [4.78, 5) is 8.61. The molecule has 1 heterocycles. The molecule has 3 nitrogen and oxygen atoms in total. The summed E-state index contributed by atoms with van der Waals surface area (Å²) < 4.78 is 18.3. The van der Waals surface area contributed by atoms with Gasteiger partial charge in [-0.25, -0.2) is 14.4 Å². The van der Waals surface area contributed by atoms with Gasteiger partial charge in [0.2, 0.25) is 0 Å². The van der Waals surface area contributed by atoms with Gasteiger partial charge in [-0.3, -0.25) is 0 Å². The highest BCUT2D eigenvalue weighted by molar-refractivity contribution is 6.34. The van der Waals surface area contributed by atoms with Crippen LogP contribution >= 0.6 is 11.6 Å². The van der Waals surface area contributed by atoms with E-state index in [1.165, 1.54) is 12.1 Å². The van der Waals surface area contributed by atoms with Crippen molar-refractivity contribution < 1.29 is 9.13 Å². The van der Waals surface area contributed by atoms with Gasteiger partial charge in [0.25, 0.3) is 0 Å². The first-order valence-electron chi connectivity index (χ1n) is 5.94. The first-order valence-corrected chi connectivity index (χ1v) is 6.32. The summed E-state index contributed by atoms with van der Waals surface area (Å²) >= 11 is 6.10. The van der Waals surface area contributed by atoms with Crippen LogP contribution in [0.1, 0.15) is 0 Å². The number of benzene rings is 2. The fourth-order valence-electron chi connectivity index (χ4n) is 1.93. The fraction of sp³-hybridized carbons (Fsp3) is 0.0667. The summed E-state index contributed by atoms with van der Waals surface area (Å²) in [6.45, 7) is 0. The molecule has 0 saturated carbocycles. The maximum absolute atomic E-state index is 13.2. The van der Waals surface area contributed by atoms with Crippen molar-refractivity contribution in [3.8, 4) is 17.1 Å². The number of fused-ring (bicyclic) bond motifs is 1. The van der Waals surface area contributed by atoms with Crippen LogP contribution in [0.3, 0.4) is 0 Å². The van der Waals surface area contributed by atoms with E-state index in [-0.39, 0.29) is 11.0 Å². The highest BCUT2D eigenvalue weighted by Gasteiger charge is 2.09. The quantitative estimate of drug-likeness (QED) is 0.666. The highest BCUT2D eigenvalue weighted by Crippen LogP contribution is 2.26. The van der Waals surface area contributed by atoms with Crippen molar-refractivity contribution in [1.29, 1.82) is 0 Å². The van der Waals surface area contributed by atoms with Crippen LogP contribution in [-0.4, -0.2) is 17.1 Å². The molecule has 0 atom stereocenters. The molecule has 20 heavy (non-hydrogen) atoms. The van der Waals surface area contributed by atoms with Gasteiger partial charge in [0.1, 0.15) is 16.7 Å². The third kappa shape index (κ3) is 2.30. The SMILES string of the molecule is COc1ccc(-c2nc(Cl)c3cc(F)ccc3n2)cc1. The average Bonchev–Trinajstić information content (AvgIpc) is 2.48. The van der Waals surface area contributed by atoms with Crippen LogP contribution in [0.5, 0.6) is 5.75 Å². The summed E-state index contributed by atoms with van der Waals surface area (Å²) in [5.74, 6) is 0.889. The Hall–Kier alpha value is -2.20. The van der Waals surface area contributed by atoms with E-state index >= 15 is 0 Å². The Morgan fingerprint density at radius 1 is 1.05 bits per heavy atom. The zero-order valence-corrected chi connectivity index (χ0v) is 11.4. The second-order valence-electron chi connectivity index (χ2n) is 4.23. The van der Waals surface area contributed by atoms with Crippen molar-refractivity contribution in [3.05, 3.63) is 53.4 Å². The Balaban J connectivity index is 2.14. The van der Waals surface area contributed by atoms with Crippen molar-refractivity contribution >= 4 is 22.5 Å². The van der Waals surface area contributed by atoms with Crippen LogP contribution in [0.2, 0.25) is 5.15 Å². The van der Waals surface area contributed by atoms with Gasteiger partial charge in [0.15, 0.2) is 5.82 Å². The molecule has 0 N–H and O–H groups in total. The van der Waals surface area contributed by atoms with Gasteiger partial charge in [-0.2, -0.15) is 0 Å². The minimum atomic E-state index is -0.361. The normalized spacial score (nSPS) is 10.8. The predicted octanol–water partition coefficient (Wildman–Crippen LogP) is 4.10. The van der Waals surface area contributed by atoms with Crippen molar-refractivity contribution in [2.75, 3.05) is 7.11 Å². The third-order valence-electron chi connectivity index (χ3n) is 2.96. The number of aromatic nitrogens is 2. The molecule has 0 aliphatic rings. The second kappa shape index (κ2) is 5.06. The molecule has 3 aromatic rings. The Morgan fingerprint density at radius 2 is 1.80 bits per heavy atom. The lowest BCUT2D eigenvalue weighted by Gasteiger charge is -2.05. The summed E-state index contributed by atoms with van der Waals surface area (Å²) in [6, 6.07) is 11.6. The number of methoxy groups -OCH3 is 1. The monoisotopic (exact) mass is 288 g/mol. The minimum Gasteiger partial charge on any atom is -0.497 e. The maximum atomic E-state index is 13.2. The third-order valence-corrected chi connectivity index (χ3v) is 3.25. The Bertz CT molecular complexity index is 775. The molecule has 100 valence electrons.